The molecule has 0 bridgehead atoms. The maximum atomic E-state index is 12.9. The molecule has 2 saturated carbocycles. The zero-order chi connectivity index (χ0) is 24.7. The summed E-state index contributed by atoms with van der Waals surface area (Å²) in [5.41, 5.74) is -0.0920. The summed E-state index contributed by atoms with van der Waals surface area (Å²) in [6, 6.07) is 1.85. The molecule has 6 nitrogen and oxygen atoms in total. The average molecular weight is 467 g/mol. The molecule has 1 aromatic rings. The van der Waals surface area contributed by atoms with E-state index in [9.17, 15) is 14.4 Å². The molecule has 0 N–H and O–H groups in total. The summed E-state index contributed by atoms with van der Waals surface area (Å²) >= 11 is 0. The van der Waals surface area contributed by atoms with E-state index in [-0.39, 0.29) is 35.0 Å². The zero-order valence-electron chi connectivity index (χ0n) is 20.8. The van der Waals surface area contributed by atoms with Gasteiger partial charge in [-0.25, -0.2) is 4.79 Å². The number of allylic oxidation sites excluding steroid dienone is 2. The lowest BCUT2D eigenvalue weighted by Crippen LogP contribution is -2.65. The standard InChI is InChI=1S/C28H34O6/c1-16(29)33-22-13-19-25(2,3)21(30)8-11-26(19,4)18-7-10-27(5)20(28(18,22)6)14-23(31)34-24(27)17-9-12-32-15-17/h8-9,11-12,14-15,18-19,22,24H,7,10,13H2,1-6H3/t18-,19+,22-,24+,26-,27-,28-/m1/s1. The van der Waals surface area contributed by atoms with Gasteiger partial charge < -0.3 is 13.9 Å². The molecule has 0 amide bonds. The lowest BCUT2D eigenvalue weighted by molar-refractivity contribution is -0.195. The predicted octanol–water partition coefficient (Wildman–Crippen LogP) is 5.35. The lowest BCUT2D eigenvalue weighted by Gasteiger charge is -2.67. The molecule has 0 radical (unpaired) electrons. The van der Waals surface area contributed by atoms with Gasteiger partial charge >= 0.3 is 11.9 Å². The van der Waals surface area contributed by atoms with Crippen LogP contribution in [0, 0.1) is 33.5 Å². The van der Waals surface area contributed by atoms with E-state index in [1.165, 1.54) is 6.92 Å². The summed E-state index contributed by atoms with van der Waals surface area (Å²) in [5, 5.41) is 0. The van der Waals surface area contributed by atoms with E-state index in [4.69, 9.17) is 13.9 Å². The molecule has 4 aliphatic rings. The van der Waals surface area contributed by atoms with Gasteiger partial charge in [0.15, 0.2) is 5.78 Å². The molecule has 2 heterocycles. The third kappa shape index (κ3) is 2.89. The highest BCUT2D eigenvalue weighted by Crippen LogP contribution is 2.71. The number of cyclic esters (lactones) is 1. The van der Waals surface area contributed by atoms with Crippen LogP contribution in [0.25, 0.3) is 0 Å². The first-order valence-corrected chi connectivity index (χ1v) is 12.2. The van der Waals surface area contributed by atoms with Gasteiger partial charge in [-0.05, 0) is 54.2 Å². The fraction of sp³-hybridized carbons (Fsp3) is 0.607. The van der Waals surface area contributed by atoms with Crippen molar-refractivity contribution in [3.63, 3.8) is 0 Å². The molecule has 0 unspecified atom stereocenters. The number of carbonyl (C=O) groups excluding carboxylic acids is 3. The Morgan fingerprint density at radius 2 is 1.85 bits per heavy atom. The normalized spacial score (nSPS) is 42.6. The van der Waals surface area contributed by atoms with Gasteiger partial charge in [0, 0.05) is 34.8 Å². The maximum Gasteiger partial charge on any atom is 0.331 e. The van der Waals surface area contributed by atoms with E-state index in [2.05, 4.69) is 26.8 Å². The topological polar surface area (TPSA) is 82.8 Å². The molecule has 3 aliphatic carbocycles. The third-order valence-corrected chi connectivity index (χ3v) is 9.82. The molecule has 1 aliphatic heterocycles. The van der Waals surface area contributed by atoms with E-state index in [1.54, 1.807) is 24.7 Å². The minimum Gasteiger partial charge on any atom is -0.472 e. The summed E-state index contributed by atoms with van der Waals surface area (Å²) in [7, 11) is 0. The van der Waals surface area contributed by atoms with Crippen LogP contribution in [-0.2, 0) is 23.9 Å². The molecule has 5 rings (SSSR count). The second-order valence-electron chi connectivity index (χ2n) is 11.9. The van der Waals surface area contributed by atoms with E-state index < -0.39 is 28.5 Å². The van der Waals surface area contributed by atoms with Gasteiger partial charge in [-0.15, -0.1) is 0 Å². The van der Waals surface area contributed by atoms with Gasteiger partial charge in [0.25, 0.3) is 0 Å². The van der Waals surface area contributed by atoms with Crippen LogP contribution in [0.5, 0.6) is 0 Å². The van der Waals surface area contributed by atoms with Crippen molar-refractivity contribution in [2.24, 2.45) is 33.5 Å². The Kier molecular flexibility index (Phi) is 4.89. The minimum atomic E-state index is -0.591. The highest BCUT2D eigenvalue weighted by atomic mass is 16.6. The zero-order valence-corrected chi connectivity index (χ0v) is 20.8. The van der Waals surface area contributed by atoms with E-state index in [0.717, 1.165) is 24.0 Å². The minimum absolute atomic E-state index is 0.0186. The molecule has 1 aromatic heterocycles. The SMILES string of the molecule is CC(=O)O[C@@H]1C[C@H]2C(C)(C)C(=O)C=C[C@]2(C)[C@H]2CC[C@]3(C)C(=CC(=O)O[C@H]3c3ccoc3)[C@@]21C. The summed E-state index contributed by atoms with van der Waals surface area (Å²) < 4.78 is 17.3. The summed E-state index contributed by atoms with van der Waals surface area (Å²) in [6.45, 7) is 12.0. The first kappa shape index (κ1) is 23.1. The van der Waals surface area contributed by atoms with Gasteiger partial charge in [-0.2, -0.15) is 0 Å². The quantitative estimate of drug-likeness (QED) is 0.547. The van der Waals surface area contributed by atoms with Crippen molar-refractivity contribution in [1.29, 1.82) is 0 Å². The van der Waals surface area contributed by atoms with Crippen LogP contribution in [-0.4, -0.2) is 23.8 Å². The van der Waals surface area contributed by atoms with Crippen molar-refractivity contribution in [2.75, 3.05) is 0 Å². The van der Waals surface area contributed by atoms with Crippen LogP contribution in [0.1, 0.15) is 72.5 Å². The third-order valence-electron chi connectivity index (χ3n) is 9.82. The fourth-order valence-corrected chi connectivity index (χ4v) is 8.16. The number of rotatable bonds is 2. The molecule has 0 aromatic carbocycles. The van der Waals surface area contributed by atoms with Crippen molar-refractivity contribution in [3.8, 4) is 0 Å². The number of fused-ring (bicyclic) bond motifs is 5. The molecular formula is C28H34O6. The number of ketones is 1. The van der Waals surface area contributed by atoms with Crippen molar-refractivity contribution in [1.82, 2.24) is 0 Å². The number of furan rings is 1. The summed E-state index contributed by atoms with van der Waals surface area (Å²) in [4.78, 5) is 38.1. The number of hydrogen-bond acceptors (Lipinski definition) is 6. The Morgan fingerprint density at radius 3 is 2.50 bits per heavy atom. The van der Waals surface area contributed by atoms with E-state index in [1.807, 2.05) is 19.9 Å². The van der Waals surface area contributed by atoms with Crippen LogP contribution in [0.4, 0.5) is 0 Å². The number of esters is 2. The van der Waals surface area contributed by atoms with E-state index in [0.29, 0.717) is 6.42 Å². The lowest BCUT2D eigenvalue weighted by atomic mass is 9.38. The molecule has 0 saturated heterocycles. The van der Waals surface area contributed by atoms with Crippen molar-refractivity contribution in [3.05, 3.63) is 48.0 Å². The fourth-order valence-electron chi connectivity index (χ4n) is 8.16. The van der Waals surface area contributed by atoms with Crippen molar-refractivity contribution >= 4 is 17.7 Å². The van der Waals surface area contributed by atoms with Crippen LogP contribution >= 0.6 is 0 Å². The Labute approximate surface area is 200 Å². The van der Waals surface area contributed by atoms with Crippen LogP contribution < -0.4 is 0 Å². The average Bonchev–Trinajstić information content (AvgIpc) is 3.28. The van der Waals surface area contributed by atoms with Crippen LogP contribution in [0.3, 0.4) is 0 Å². The monoisotopic (exact) mass is 466 g/mol. The number of ether oxygens (including phenoxy) is 2. The Morgan fingerprint density at radius 1 is 1.12 bits per heavy atom. The predicted molar refractivity (Wildman–Crippen MR) is 124 cm³/mol. The Hall–Kier alpha value is -2.63. The largest absolute Gasteiger partial charge is 0.472 e. The molecule has 0 spiro atoms. The molecule has 6 heteroatoms. The summed E-state index contributed by atoms with van der Waals surface area (Å²) in [6.07, 6.45) is 10.0. The van der Waals surface area contributed by atoms with Crippen LogP contribution in [0.15, 0.2) is 46.8 Å². The summed E-state index contributed by atoms with van der Waals surface area (Å²) in [5.74, 6) is -0.515. The Bertz CT molecular complexity index is 1110. The molecule has 34 heavy (non-hydrogen) atoms. The Balaban J connectivity index is 1.70. The second kappa shape index (κ2) is 7.19. The molecule has 7 atom stereocenters. The maximum absolute atomic E-state index is 12.9. The number of hydrogen-bond donors (Lipinski definition) is 0. The van der Waals surface area contributed by atoms with Gasteiger partial charge in [0.05, 0.1) is 12.5 Å². The van der Waals surface area contributed by atoms with Gasteiger partial charge in [-0.3, -0.25) is 9.59 Å². The molecular weight excluding hydrogens is 432 g/mol. The second-order valence-corrected chi connectivity index (χ2v) is 11.9. The van der Waals surface area contributed by atoms with Crippen molar-refractivity contribution < 1.29 is 28.3 Å². The smallest absolute Gasteiger partial charge is 0.331 e. The highest BCUT2D eigenvalue weighted by molar-refractivity contribution is 5.96. The van der Waals surface area contributed by atoms with Crippen LogP contribution in [0.2, 0.25) is 0 Å². The van der Waals surface area contributed by atoms with Gasteiger partial charge in [0.2, 0.25) is 0 Å². The van der Waals surface area contributed by atoms with Gasteiger partial charge in [0.1, 0.15) is 12.2 Å². The highest BCUT2D eigenvalue weighted by Gasteiger charge is 2.69. The first-order valence-electron chi connectivity index (χ1n) is 12.2. The first-order chi connectivity index (χ1) is 15.8. The van der Waals surface area contributed by atoms with E-state index >= 15 is 0 Å². The molecule has 182 valence electrons. The molecule has 2 fully saturated rings. The van der Waals surface area contributed by atoms with Gasteiger partial charge in [-0.1, -0.05) is 40.7 Å². The number of carbonyl (C=O) groups is 3. The van der Waals surface area contributed by atoms with Crippen molar-refractivity contribution in [2.45, 2.75) is 73.0 Å².